The Bertz CT molecular complexity index is 1210. The molecule has 2 fully saturated rings. The fourth-order valence-electron chi connectivity index (χ4n) is 4.11. The SMILES string of the molecule is CCOc1cc(/C=N/Nc2nc(N3CCOCC3)nc(N3CCOCC3)n2)ccc1OCc1ccc(F)cc1. The normalized spacial score (nSPS) is 15.9. The first-order valence-corrected chi connectivity index (χ1v) is 13.0. The summed E-state index contributed by atoms with van der Waals surface area (Å²) in [5.74, 6) is 2.44. The van der Waals surface area contributed by atoms with Gasteiger partial charge in [-0.05, 0) is 48.4 Å². The van der Waals surface area contributed by atoms with Gasteiger partial charge in [0.2, 0.25) is 17.8 Å². The number of anilines is 3. The van der Waals surface area contributed by atoms with Crippen LogP contribution in [-0.2, 0) is 16.1 Å². The molecule has 2 saturated heterocycles. The van der Waals surface area contributed by atoms with E-state index in [1.807, 2.05) is 25.1 Å². The van der Waals surface area contributed by atoms with Gasteiger partial charge in [-0.3, -0.25) is 0 Å². The second-order valence-electron chi connectivity index (χ2n) is 8.88. The first-order valence-electron chi connectivity index (χ1n) is 13.0. The lowest BCUT2D eigenvalue weighted by Gasteiger charge is -2.30. The molecule has 0 atom stereocenters. The fourth-order valence-corrected chi connectivity index (χ4v) is 4.11. The Morgan fingerprint density at radius 1 is 0.872 bits per heavy atom. The third-order valence-corrected chi connectivity index (χ3v) is 6.15. The van der Waals surface area contributed by atoms with Crippen molar-refractivity contribution in [3.63, 3.8) is 0 Å². The molecule has 0 saturated carbocycles. The lowest BCUT2D eigenvalue weighted by Crippen LogP contribution is -2.40. The summed E-state index contributed by atoms with van der Waals surface area (Å²) in [4.78, 5) is 18.1. The first-order chi connectivity index (χ1) is 19.2. The lowest BCUT2D eigenvalue weighted by atomic mass is 10.2. The summed E-state index contributed by atoms with van der Waals surface area (Å²) in [6.07, 6.45) is 1.67. The van der Waals surface area contributed by atoms with E-state index in [0.29, 0.717) is 95.2 Å². The van der Waals surface area contributed by atoms with Gasteiger partial charge in [-0.2, -0.15) is 20.1 Å². The van der Waals surface area contributed by atoms with Crippen LogP contribution in [0.4, 0.5) is 22.2 Å². The topological polar surface area (TPSA) is 106 Å². The van der Waals surface area contributed by atoms with Crippen LogP contribution in [0.25, 0.3) is 0 Å². The van der Waals surface area contributed by atoms with Crippen LogP contribution in [0.15, 0.2) is 47.6 Å². The number of aromatic nitrogens is 3. The third-order valence-electron chi connectivity index (χ3n) is 6.15. The highest BCUT2D eigenvalue weighted by atomic mass is 19.1. The van der Waals surface area contributed by atoms with E-state index in [9.17, 15) is 4.39 Å². The van der Waals surface area contributed by atoms with E-state index in [2.05, 4.69) is 30.3 Å². The molecule has 39 heavy (non-hydrogen) atoms. The van der Waals surface area contributed by atoms with Crippen LogP contribution in [0.3, 0.4) is 0 Å². The van der Waals surface area contributed by atoms with Gasteiger partial charge in [0.15, 0.2) is 11.5 Å². The average Bonchev–Trinajstić information content (AvgIpc) is 2.98. The van der Waals surface area contributed by atoms with Gasteiger partial charge >= 0.3 is 0 Å². The van der Waals surface area contributed by atoms with Crippen molar-refractivity contribution in [1.29, 1.82) is 0 Å². The molecule has 206 valence electrons. The zero-order valence-corrected chi connectivity index (χ0v) is 21.9. The third kappa shape index (κ3) is 7.30. The van der Waals surface area contributed by atoms with Gasteiger partial charge < -0.3 is 28.7 Å². The number of ether oxygens (including phenoxy) is 4. The summed E-state index contributed by atoms with van der Waals surface area (Å²) in [7, 11) is 0. The molecule has 0 amide bonds. The molecule has 2 aliphatic heterocycles. The van der Waals surface area contributed by atoms with Gasteiger partial charge in [0.25, 0.3) is 0 Å². The van der Waals surface area contributed by atoms with Gasteiger partial charge in [0, 0.05) is 26.2 Å². The van der Waals surface area contributed by atoms with E-state index in [1.54, 1.807) is 18.3 Å². The zero-order valence-electron chi connectivity index (χ0n) is 21.9. The van der Waals surface area contributed by atoms with Crippen molar-refractivity contribution in [3.05, 3.63) is 59.4 Å². The zero-order chi connectivity index (χ0) is 26.9. The smallest absolute Gasteiger partial charge is 0.250 e. The minimum atomic E-state index is -0.280. The van der Waals surface area contributed by atoms with E-state index in [1.165, 1.54) is 12.1 Å². The van der Waals surface area contributed by atoms with Crippen molar-refractivity contribution in [2.75, 3.05) is 74.4 Å². The molecule has 3 heterocycles. The van der Waals surface area contributed by atoms with E-state index < -0.39 is 0 Å². The van der Waals surface area contributed by atoms with Crippen molar-refractivity contribution in [3.8, 4) is 11.5 Å². The van der Waals surface area contributed by atoms with Crippen molar-refractivity contribution in [2.24, 2.45) is 5.10 Å². The van der Waals surface area contributed by atoms with E-state index in [0.717, 1.165) is 11.1 Å². The second kappa shape index (κ2) is 13.2. The van der Waals surface area contributed by atoms with E-state index in [4.69, 9.17) is 23.9 Å². The highest BCUT2D eigenvalue weighted by Gasteiger charge is 2.20. The quantitative estimate of drug-likeness (QED) is 0.306. The molecule has 0 spiro atoms. The number of halogens is 1. The number of nitrogens with zero attached hydrogens (tertiary/aromatic N) is 6. The summed E-state index contributed by atoms with van der Waals surface area (Å²) in [5.41, 5.74) is 4.62. The fraction of sp³-hybridized carbons (Fsp3) is 0.407. The van der Waals surface area contributed by atoms with Crippen LogP contribution in [0.2, 0.25) is 0 Å². The molecule has 1 aromatic heterocycles. The van der Waals surface area contributed by atoms with Crippen molar-refractivity contribution in [1.82, 2.24) is 15.0 Å². The maximum atomic E-state index is 13.2. The molecule has 2 aromatic carbocycles. The molecule has 11 nitrogen and oxygen atoms in total. The summed E-state index contributed by atoms with van der Waals surface area (Å²) in [6.45, 7) is 8.06. The summed E-state index contributed by atoms with van der Waals surface area (Å²) in [6, 6.07) is 11.8. The number of nitrogens with one attached hydrogen (secondary N) is 1. The van der Waals surface area contributed by atoms with Crippen LogP contribution < -0.4 is 24.7 Å². The Balaban J connectivity index is 1.29. The van der Waals surface area contributed by atoms with Crippen LogP contribution in [0.1, 0.15) is 18.1 Å². The first kappa shape index (κ1) is 26.6. The summed E-state index contributed by atoms with van der Waals surface area (Å²) in [5, 5.41) is 4.37. The molecule has 3 aromatic rings. The van der Waals surface area contributed by atoms with Gasteiger partial charge in [0.1, 0.15) is 12.4 Å². The predicted octanol–water partition coefficient (Wildman–Crippen LogP) is 3.11. The number of morpholine rings is 2. The minimum Gasteiger partial charge on any atom is -0.490 e. The molecular formula is C27H32FN7O4. The molecular weight excluding hydrogens is 505 g/mol. The van der Waals surface area contributed by atoms with Crippen molar-refractivity contribution < 1.29 is 23.3 Å². The van der Waals surface area contributed by atoms with Crippen LogP contribution >= 0.6 is 0 Å². The number of hydrazone groups is 1. The minimum absolute atomic E-state index is 0.280. The summed E-state index contributed by atoms with van der Waals surface area (Å²) < 4.78 is 35.8. The molecule has 0 radical (unpaired) electrons. The number of rotatable bonds is 10. The van der Waals surface area contributed by atoms with Gasteiger partial charge in [-0.25, -0.2) is 9.82 Å². The van der Waals surface area contributed by atoms with E-state index >= 15 is 0 Å². The van der Waals surface area contributed by atoms with Crippen molar-refractivity contribution in [2.45, 2.75) is 13.5 Å². The molecule has 0 aliphatic carbocycles. The Labute approximate surface area is 226 Å². The predicted molar refractivity (Wildman–Crippen MR) is 145 cm³/mol. The van der Waals surface area contributed by atoms with Crippen LogP contribution in [0.5, 0.6) is 11.5 Å². The van der Waals surface area contributed by atoms with Gasteiger partial charge in [-0.15, -0.1) is 0 Å². The van der Waals surface area contributed by atoms with E-state index in [-0.39, 0.29) is 5.82 Å². The Morgan fingerprint density at radius 2 is 1.51 bits per heavy atom. The van der Waals surface area contributed by atoms with Crippen LogP contribution in [0, 0.1) is 5.82 Å². The maximum Gasteiger partial charge on any atom is 0.250 e. The molecule has 5 rings (SSSR count). The molecule has 12 heteroatoms. The highest BCUT2D eigenvalue weighted by Crippen LogP contribution is 2.29. The maximum absolute atomic E-state index is 13.2. The Morgan fingerprint density at radius 3 is 2.13 bits per heavy atom. The number of benzene rings is 2. The average molecular weight is 538 g/mol. The Kier molecular flexibility index (Phi) is 8.97. The molecule has 2 aliphatic rings. The summed E-state index contributed by atoms with van der Waals surface area (Å²) >= 11 is 0. The van der Waals surface area contributed by atoms with Gasteiger partial charge in [-0.1, -0.05) is 12.1 Å². The largest absolute Gasteiger partial charge is 0.490 e. The van der Waals surface area contributed by atoms with Crippen LogP contribution in [-0.4, -0.2) is 80.4 Å². The molecule has 1 N–H and O–H groups in total. The van der Waals surface area contributed by atoms with Crippen molar-refractivity contribution >= 4 is 24.1 Å². The highest BCUT2D eigenvalue weighted by molar-refractivity contribution is 5.81. The van der Waals surface area contributed by atoms with Gasteiger partial charge in [0.05, 0.1) is 39.2 Å². The number of hydrogen-bond acceptors (Lipinski definition) is 11. The Hall–Kier alpha value is -4.03. The molecule has 0 bridgehead atoms. The number of hydrogen-bond donors (Lipinski definition) is 1. The lowest BCUT2D eigenvalue weighted by molar-refractivity contribution is 0.121. The standard InChI is InChI=1S/C27H32FN7O4/c1-2-38-24-17-21(5-8-23(24)39-19-20-3-6-22(28)7-4-20)18-29-33-25-30-26(34-9-13-36-14-10-34)32-27(31-25)35-11-15-37-16-12-35/h3-8,17-18H,2,9-16,19H2,1H3,(H,30,31,32,33)/b29-18+. The molecule has 0 unspecified atom stereocenters. The second-order valence-corrected chi connectivity index (χ2v) is 8.88. The monoisotopic (exact) mass is 537 g/mol.